The van der Waals surface area contributed by atoms with Crippen LogP contribution in [-0.2, 0) is 17.8 Å². The molecule has 3 aromatic rings. The molecule has 2 atom stereocenters. The first-order valence-corrected chi connectivity index (χ1v) is 12.6. The summed E-state index contributed by atoms with van der Waals surface area (Å²) in [4.78, 5) is 27.8. The minimum atomic E-state index is -0.633. The lowest BCUT2D eigenvalue weighted by Crippen LogP contribution is -2.55. The molecule has 1 aliphatic heterocycles. The van der Waals surface area contributed by atoms with Crippen LogP contribution in [0.15, 0.2) is 51.7 Å². The molecule has 1 saturated heterocycles. The van der Waals surface area contributed by atoms with Gasteiger partial charge < -0.3 is 19.2 Å². The van der Waals surface area contributed by atoms with Gasteiger partial charge in [-0.1, -0.05) is 37.1 Å². The van der Waals surface area contributed by atoms with Gasteiger partial charge in [0.2, 0.25) is 5.91 Å². The molecular formula is C29H33NO5. The van der Waals surface area contributed by atoms with Crippen LogP contribution in [0.3, 0.4) is 0 Å². The second-order valence-corrected chi connectivity index (χ2v) is 10.2. The number of aryl methyl sites for hydroxylation is 2. The molecule has 0 unspecified atom stereocenters. The van der Waals surface area contributed by atoms with Crippen molar-refractivity contribution in [2.24, 2.45) is 5.92 Å². The van der Waals surface area contributed by atoms with E-state index in [1.165, 1.54) is 0 Å². The SMILES string of the molecule is Cc1ccccc1COc1ccc2c(C)c(CC(=O)N3CC[C@@]4(O)CCCC[C@H]4C3)c(=O)oc2c1. The molecule has 1 saturated carbocycles. The Kier molecular flexibility index (Phi) is 6.41. The average molecular weight is 476 g/mol. The van der Waals surface area contributed by atoms with E-state index in [0.29, 0.717) is 43.0 Å². The van der Waals surface area contributed by atoms with Gasteiger partial charge in [-0.15, -0.1) is 0 Å². The number of carbonyl (C=O) groups excluding carboxylic acids is 1. The number of nitrogens with zero attached hydrogens (tertiary/aromatic N) is 1. The molecule has 0 bridgehead atoms. The summed E-state index contributed by atoms with van der Waals surface area (Å²) >= 11 is 0. The van der Waals surface area contributed by atoms with E-state index >= 15 is 0 Å². The summed E-state index contributed by atoms with van der Waals surface area (Å²) in [7, 11) is 0. The van der Waals surface area contributed by atoms with Crippen molar-refractivity contribution in [1.29, 1.82) is 0 Å². The minimum Gasteiger partial charge on any atom is -0.489 e. The van der Waals surface area contributed by atoms with Gasteiger partial charge in [0.15, 0.2) is 0 Å². The number of ether oxygens (including phenoxy) is 1. The summed E-state index contributed by atoms with van der Waals surface area (Å²) in [6.07, 6.45) is 4.55. The number of benzene rings is 2. The minimum absolute atomic E-state index is 0.0147. The Labute approximate surface area is 205 Å². The summed E-state index contributed by atoms with van der Waals surface area (Å²) in [5, 5.41) is 11.7. The topological polar surface area (TPSA) is 80.0 Å². The van der Waals surface area contributed by atoms with Gasteiger partial charge in [0.05, 0.1) is 17.6 Å². The highest BCUT2D eigenvalue weighted by atomic mass is 16.5. The number of rotatable bonds is 5. The van der Waals surface area contributed by atoms with Crippen molar-refractivity contribution in [3.8, 4) is 5.75 Å². The van der Waals surface area contributed by atoms with Crippen molar-refractivity contribution in [1.82, 2.24) is 4.90 Å². The average Bonchev–Trinajstić information content (AvgIpc) is 2.85. The molecule has 0 radical (unpaired) electrons. The van der Waals surface area contributed by atoms with E-state index in [0.717, 1.165) is 47.8 Å². The second-order valence-electron chi connectivity index (χ2n) is 10.2. The van der Waals surface area contributed by atoms with Gasteiger partial charge in [-0.25, -0.2) is 4.79 Å². The van der Waals surface area contributed by atoms with Crippen LogP contribution in [0.2, 0.25) is 0 Å². The monoisotopic (exact) mass is 475 g/mol. The summed E-state index contributed by atoms with van der Waals surface area (Å²) in [6.45, 7) is 5.44. The van der Waals surface area contributed by atoms with Crippen LogP contribution in [0.1, 0.15) is 54.4 Å². The highest BCUT2D eigenvalue weighted by molar-refractivity contribution is 5.85. The fourth-order valence-electron chi connectivity index (χ4n) is 5.66. The fourth-order valence-corrected chi connectivity index (χ4v) is 5.66. The van der Waals surface area contributed by atoms with E-state index in [9.17, 15) is 14.7 Å². The van der Waals surface area contributed by atoms with Gasteiger partial charge in [0, 0.05) is 30.5 Å². The van der Waals surface area contributed by atoms with Gasteiger partial charge in [0.25, 0.3) is 0 Å². The van der Waals surface area contributed by atoms with Crippen LogP contribution >= 0.6 is 0 Å². The van der Waals surface area contributed by atoms with Gasteiger partial charge >= 0.3 is 5.63 Å². The van der Waals surface area contributed by atoms with Crippen LogP contribution in [0, 0.1) is 19.8 Å². The number of likely N-dealkylation sites (tertiary alicyclic amines) is 1. The molecular weight excluding hydrogens is 442 g/mol. The zero-order chi connectivity index (χ0) is 24.6. The Morgan fingerprint density at radius 2 is 2.00 bits per heavy atom. The Balaban J connectivity index is 1.32. The molecule has 2 fully saturated rings. The predicted molar refractivity (Wildman–Crippen MR) is 135 cm³/mol. The molecule has 2 aliphatic rings. The highest BCUT2D eigenvalue weighted by Gasteiger charge is 2.43. The zero-order valence-corrected chi connectivity index (χ0v) is 20.5. The zero-order valence-electron chi connectivity index (χ0n) is 20.5. The smallest absolute Gasteiger partial charge is 0.340 e. The number of carbonyl (C=O) groups is 1. The highest BCUT2D eigenvalue weighted by Crippen LogP contribution is 2.40. The molecule has 0 spiro atoms. The normalized spacial score (nSPS) is 22.1. The van der Waals surface area contributed by atoms with E-state index in [2.05, 4.69) is 0 Å². The largest absolute Gasteiger partial charge is 0.489 e. The number of piperidine rings is 1. The molecule has 2 aromatic carbocycles. The van der Waals surface area contributed by atoms with E-state index < -0.39 is 11.2 Å². The Morgan fingerprint density at radius 1 is 1.17 bits per heavy atom. The van der Waals surface area contributed by atoms with Crippen LogP contribution in [0.25, 0.3) is 11.0 Å². The third kappa shape index (κ3) is 4.72. The number of amides is 1. The molecule has 1 N–H and O–H groups in total. The fraction of sp³-hybridized carbons (Fsp3) is 0.448. The molecule has 1 aromatic heterocycles. The lowest BCUT2D eigenvalue weighted by molar-refractivity contribution is -0.142. The van der Waals surface area contributed by atoms with Crippen LogP contribution in [-0.4, -0.2) is 34.6 Å². The standard InChI is InChI=1S/C29H33NO5/c1-19-7-3-4-8-21(19)18-34-23-10-11-24-20(2)25(28(32)35-26(24)15-23)16-27(31)30-14-13-29(33)12-6-5-9-22(29)17-30/h3-4,7-8,10-11,15,22,33H,5-6,9,12-14,16-18H2,1-2H3/t22-,29-/m0/s1. The molecule has 35 heavy (non-hydrogen) atoms. The quantitative estimate of drug-likeness (QED) is 0.542. The third-order valence-electron chi connectivity index (χ3n) is 8.02. The van der Waals surface area contributed by atoms with Gasteiger partial charge in [0.1, 0.15) is 17.9 Å². The predicted octanol–water partition coefficient (Wildman–Crippen LogP) is 4.68. The number of fused-ring (bicyclic) bond motifs is 2. The van der Waals surface area contributed by atoms with Gasteiger partial charge in [-0.05, 0) is 61.9 Å². The van der Waals surface area contributed by atoms with Crippen LogP contribution < -0.4 is 10.4 Å². The number of hydrogen-bond acceptors (Lipinski definition) is 5. The summed E-state index contributed by atoms with van der Waals surface area (Å²) in [5.74, 6) is 0.673. The van der Waals surface area contributed by atoms with Gasteiger partial charge in [-0.3, -0.25) is 4.79 Å². The van der Waals surface area contributed by atoms with E-state index in [-0.39, 0.29) is 18.2 Å². The van der Waals surface area contributed by atoms with Crippen LogP contribution in [0.5, 0.6) is 5.75 Å². The molecule has 2 heterocycles. The van der Waals surface area contributed by atoms with E-state index in [4.69, 9.17) is 9.15 Å². The lowest BCUT2D eigenvalue weighted by atomic mass is 9.71. The van der Waals surface area contributed by atoms with Crippen molar-refractivity contribution in [2.75, 3.05) is 13.1 Å². The third-order valence-corrected chi connectivity index (χ3v) is 8.02. The molecule has 5 rings (SSSR count). The maximum atomic E-state index is 13.1. The molecule has 1 aliphatic carbocycles. The molecule has 6 heteroatoms. The Morgan fingerprint density at radius 3 is 2.83 bits per heavy atom. The van der Waals surface area contributed by atoms with Crippen LogP contribution in [0.4, 0.5) is 0 Å². The number of hydrogen-bond donors (Lipinski definition) is 1. The van der Waals surface area contributed by atoms with Crippen molar-refractivity contribution >= 4 is 16.9 Å². The first-order valence-electron chi connectivity index (χ1n) is 12.6. The van der Waals surface area contributed by atoms with Crippen molar-refractivity contribution in [3.05, 3.63) is 75.1 Å². The lowest BCUT2D eigenvalue weighted by Gasteiger charge is -2.47. The first kappa shape index (κ1) is 23.6. The van der Waals surface area contributed by atoms with E-state index in [1.807, 2.05) is 55.1 Å². The number of aliphatic hydroxyl groups is 1. The Hall–Kier alpha value is -3.12. The maximum absolute atomic E-state index is 13.1. The van der Waals surface area contributed by atoms with Crippen molar-refractivity contribution in [2.45, 2.75) is 64.6 Å². The Bertz CT molecular complexity index is 1310. The summed E-state index contributed by atoms with van der Waals surface area (Å²) in [6, 6.07) is 13.5. The summed E-state index contributed by atoms with van der Waals surface area (Å²) < 4.78 is 11.6. The summed E-state index contributed by atoms with van der Waals surface area (Å²) in [5.41, 5.74) is 2.77. The van der Waals surface area contributed by atoms with E-state index in [1.54, 1.807) is 6.07 Å². The van der Waals surface area contributed by atoms with Crippen molar-refractivity contribution in [3.63, 3.8) is 0 Å². The second kappa shape index (κ2) is 9.50. The van der Waals surface area contributed by atoms with Gasteiger partial charge in [-0.2, -0.15) is 0 Å². The molecule has 1 amide bonds. The molecule has 6 nitrogen and oxygen atoms in total. The maximum Gasteiger partial charge on any atom is 0.340 e. The first-order chi connectivity index (χ1) is 16.8. The van der Waals surface area contributed by atoms with Crippen molar-refractivity contribution < 1.29 is 19.1 Å². The molecule has 184 valence electrons.